The lowest BCUT2D eigenvalue weighted by atomic mass is 10.1. The Morgan fingerprint density at radius 3 is 2.50 bits per heavy atom. The Morgan fingerprint density at radius 1 is 1.18 bits per heavy atom. The molecule has 116 valence electrons. The summed E-state index contributed by atoms with van der Waals surface area (Å²) in [5.41, 5.74) is 6.97. The maximum Gasteiger partial charge on any atom is 0.328 e. The molecule has 0 fully saturated rings. The van der Waals surface area contributed by atoms with Gasteiger partial charge in [0.15, 0.2) is 0 Å². The molecule has 2 atom stereocenters. The van der Waals surface area contributed by atoms with Gasteiger partial charge in [0, 0.05) is 0 Å². The van der Waals surface area contributed by atoms with Crippen LogP contribution in [0.2, 0.25) is 0 Å². The lowest BCUT2D eigenvalue weighted by Gasteiger charge is -2.14. The van der Waals surface area contributed by atoms with Crippen molar-refractivity contribution in [2.45, 2.75) is 24.3 Å². The molecule has 0 aliphatic rings. The zero-order chi connectivity index (χ0) is 15.9. The lowest BCUT2D eigenvalue weighted by Crippen LogP contribution is -2.36. The van der Waals surface area contributed by atoms with Gasteiger partial charge >= 0.3 is 5.97 Å². The second kappa shape index (κ2) is 8.17. The molecule has 0 saturated carbocycles. The van der Waals surface area contributed by atoms with Gasteiger partial charge in [0.05, 0.1) is 4.90 Å². The van der Waals surface area contributed by atoms with E-state index in [2.05, 4.69) is 0 Å². The number of carbonyl (C=O) groups is 1. The van der Waals surface area contributed by atoms with E-state index in [0.717, 1.165) is 16.2 Å². The van der Waals surface area contributed by atoms with Gasteiger partial charge in [-0.3, -0.25) is 0 Å². The van der Waals surface area contributed by atoms with Crippen LogP contribution < -0.4 is 10.5 Å². The Kier molecular flexibility index (Phi) is 6.24. The summed E-state index contributed by atoms with van der Waals surface area (Å²) < 4.78 is 5.48. The molecule has 0 aromatic heterocycles. The number of esters is 1. The zero-order valence-electron chi connectivity index (χ0n) is 12.4. The van der Waals surface area contributed by atoms with E-state index in [1.165, 1.54) is 0 Å². The van der Waals surface area contributed by atoms with Gasteiger partial charge in [0.25, 0.3) is 0 Å². The maximum absolute atomic E-state index is 12.2. The third-order valence-corrected chi connectivity index (χ3v) is 5.77. The summed E-state index contributed by atoms with van der Waals surface area (Å²) in [6.07, 6.45) is 0.454. The van der Waals surface area contributed by atoms with Gasteiger partial charge in [-0.15, -0.1) is 0 Å². The quantitative estimate of drug-likeness (QED) is 0.652. The number of benzene rings is 2. The highest BCUT2D eigenvalue weighted by Crippen LogP contribution is 2.22. The topological polar surface area (TPSA) is 52.3 Å². The van der Waals surface area contributed by atoms with Crippen LogP contribution >= 0.6 is 0 Å². The summed E-state index contributed by atoms with van der Waals surface area (Å²) in [4.78, 5) is 13.1. The summed E-state index contributed by atoms with van der Waals surface area (Å²) in [5, 5.41) is 0. The first-order valence-corrected chi connectivity index (χ1v) is 9.42. The standard InChI is InChI=1S/C17H19NO2S2/c1-2-22(21)16-11-7-6-10-15(16)20-17(19)14(18)12-13-8-4-3-5-9-13/h3-11,14H,2,12,18H2,1H3/t14-,22?/m0/s1. The smallest absolute Gasteiger partial charge is 0.328 e. The Labute approximate surface area is 138 Å². The molecule has 0 heterocycles. The third kappa shape index (κ3) is 4.47. The predicted molar refractivity (Wildman–Crippen MR) is 93.7 cm³/mol. The average Bonchev–Trinajstić information content (AvgIpc) is 2.55. The highest BCUT2D eigenvalue weighted by Gasteiger charge is 2.18. The van der Waals surface area contributed by atoms with E-state index >= 15 is 0 Å². The van der Waals surface area contributed by atoms with Gasteiger partial charge in [0.2, 0.25) is 0 Å². The number of hydrogen-bond donors (Lipinski definition) is 1. The highest BCUT2D eigenvalue weighted by atomic mass is 32.8. The molecule has 2 N–H and O–H groups in total. The molecule has 3 nitrogen and oxygen atoms in total. The molecule has 0 saturated heterocycles. The number of rotatable bonds is 6. The Balaban J connectivity index is 2.07. The fraction of sp³-hybridized carbons (Fsp3) is 0.235. The average molecular weight is 333 g/mol. The second-order valence-corrected chi connectivity index (χ2v) is 7.71. The van der Waals surface area contributed by atoms with Gasteiger partial charge in [-0.1, -0.05) is 58.8 Å². The molecule has 0 aliphatic carbocycles. The molecule has 2 aromatic carbocycles. The lowest BCUT2D eigenvalue weighted by molar-refractivity contribution is -0.136. The van der Waals surface area contributed by atoms with Crippen LogP contribution in [0.4, 0.5) is 0 Å². The second-order valence-electron chi connectivity index (χ2n) is 4.80. The Hall–Kier alpha value is -1.56. The summed E-state index contributed by atoms with van der Waals surface area (Å²) in [7, 11) is -0.354. The molecule has 0 spiro atoms. The van der Waals surface area contributed by atoms with Crippen molar-refractivity contribution in [2.75, 3.05) is 5.75 Å². The number of hydrogen-bond acceptors (Lipinski definition) is 4. The molecule has 0 bridgehead atoms. The van der Waals surface area contributed by atoms with Crippen LogP contribution in [0.5, 0.6) is 5.75 Å². The summed E-state index contributed by atoms with van der Waals surface area (Å²) in [6, 6.07) is 16.4. The first-order chi connectivity index (χ1) is 10.6. The van der Waals surface area contributed by atoms with Crippen molar-refractivity contribution in [3.63, 3.8) is 0 Å². The van der Waals surface area contributed by atoms with Crippen molar-refractivity contribution < 1.29 is 9.53 Å². The Bertz CT molecular complexity index is 659. The molecule has 5 heteroatoms. The summed E-state index contributed by atoms with van der Waals surface area (Å²) in [6.45, 7) is 2.02. The van der Waals surface area contributed by atoms with E-state index in [1.807, 2.05) is 55.5 Å². The van der Waals surface area contributed by atoms with Gasteiger partial charge < -0.3 is 10.5 Å². The number of nitrogens with two attached hydrogens (primary N) is 1. The number of para-hydroxylation sites is 1. The van der Waals surface area contributed by atoms with E-state index < -0.39 is 12.0 Å². The van der Waals surface area contributed by atoms with Gasteiger partial charge in [0.1, 0.15) is 11.8 Å². The van der Waals surface area contributed by atoms with Crippen molar-refractivity contribution >= 4 is 26.6 Å². The fourth-order valence-corrected chi connectivity index (χ4v) is 3.30. The van der Waals surface area contributed by atoms with Gasteiger partial charge in [-0.25, -0.2) is 4.79 Å². The minimum absolute atomic E-state index is 0.354. The molecule has 0 radical (unpaired) electrons. The van der Waals surface area contributed by atoms with Crippen LogP contribution in [0.1, 0.15) is 12.5 Å². The largest absolute Gasteiger partial charge is 0.424 e. The summed E-state index contributed by atoms with van der Waals surface area (Å²) in [5.74, 6) is 0.926. The molecule has 0 amide bonds. The zero-order valence-corrected chi connectivity index (χ0v) is 14.0. The van der Waals surface area contributed by atoms with Crippen molar-refractivity contribution in [1.82, 2.24) is 0 Å². The predicted octanol–water partition coefficient (Wildman–Crippen LogP) is 2.62. The number of carbonyl (C=O) groups excluding carboxylic acids is 1. The van der Waals surface area contributed by atoms with Crippen molar-refractivity contribution in [3.8, 4) is 5.75 Å². The van der Waals surface area contributed by atoms with Crippen molar-refractivity contribution in [2.24, 2.45) is 5.73 Å². The highest BCUT2D eigenvalue weighted by molar-refractivity contribution is 8.28. The van der Waals surface area contributed by atoms with Crippen LogP contribution in [-0.4, -0.2) is 17.8 Å². The molecule has 2 aromatic rings. The first kappa shape index (κ1) is 16.8. The van der Waals surface area contributed by atoms with Crippen LogP contribution in [-0.2, 0) is 31.9 Å². The Morgan fingerprint density at radius 2 is 1.82 bits per heavy atom. The maximum atomic E-state index is 12.2. The molecule has 22 heavy (non-hydrogen) atoms. The van der Waals surface area contributed by atoms with Crippen LogP contribution in [0.3, 0.4) is 0 Å². The molecule has 0 aliphatic heterocycles. The minimum Gasteiger partial charge on any atom is -0.424 e. The van der Waals surface area contributed by atoms with Gasteiger partial charge in [-0.2, -0.15) is 0 Å². The minimum atomic E-state index is -0.691. The van der Waals surface area contributed by atoms with E-state index in [-0.39, 0.29) is 9.45 Å². The summed E-state index contributed by atoms with van der Waals surface area (Å²) >= 11 is 5.42. The van der Waals surface area contributed by atoms with Crippen LogP contribution in [0.15, 0.2) is 59.5 Å². The third-order valence-electron chi connectivity index (χ3n) is 3.17. The van der Waals surface area contributed by atoms with Crippen LogP contribution in [0.25, 0.3) is 0 Å². The normalized spacial score (nSPS) is 13.4. The van der Waals surface area contributed by atoms with Crippen LogP contribution in [0, 0.1) is 0 Å². The fourth-order valence-electron chi connectivity index (χ4n) is 2.01. The van der Waals surface area contributed by atoms with E-state index in [0.29, 0.717) is 12.2 Å². The monoisotopic (exact) mass is 333 g/mol. The van der Waals surface area contributed by atoms with Gasteiger partial charge in [-0.05, 0) is 41.1 Å². The van der Waals surface area contributed by atoms with Crippen molar-refractivity contribution in [1.29, 1.82) is 0 Å². The molecule has 1 unspecified atom stereocenters. The molecule has 2 rings (SSSR count). The van der Waals surface area contributed by atoms with E-state index in [9.17, 15) is 4.79 Å². The SMILES string of the molecule is CCS(=S)c1ccccc1OC(=O)[C@@H](N)Cc1ccccc1. The van der Waals surface area contributed by atoms with E-state index in [4.69, 9.17) is 21.7 Å². The molecular weight excluding hydrogens is 314 g/mol. The molecular formula is C17H19NO2S2. The number of ether oxygens (including phenoxy) is 1. The first-order valence-electron chi connectivity index (χ1n) is 7.10. The van der Waals surface area contributed by atoms with E-state index in [1.54, 1.807) is 6.07 Å². The van der Waals surface area contributed by atoms with Crippen molar-refractivity contribution in [3.05, 3.63) is 60.2 Å².